The summed E-state index contributed by atoms with van der Waals surface area (Å²) in [5.74, 6) is -0.818. The number of imide groups is 1. The number of hydrogen-bond acceptors (Lipinski definition) is 4. The molecule has 19 heavy (non-hydrogen) atoms. The van der Waals surface area contributed by atoms with Crippen molar-refractivity contribution in [3.63, 3.8) is 0 Å². The van der Waals surface area contributed by atoms with Gasteiger partial charge in [-0.2, -0.15) is 0 Å². The Morgan fingerprint density at radius 1 is 1.05 bits per heavy atom. The number of hydrogen-bond donors (Lipinski definition) is 0. The topological polar surface area (TPSA) is 67.3 Å². The zero-order valence-corrected chi connectivity index (χ0v) is 9.74. The minimum absolute atomic E-state index is 0.281. The molecule has 0 unspecified atom stereocenters. The molecule has 0 spiro atoms. The monoisotopic (exact) mass is 252 g/mol. The van der Waals surface area contributed by atoms with E-state index in [1.807, 2.05) is 0 Å². The first-order valence-corrected chi connectivity index (χ1v) is 5.60. The molecule has 0 saturated carbocycles. The Hall–Kier alpha value is -2.82. The summed E-state index contributed by atoms with van der Waals surface area (Å²) in [5, 5.41) is 0. The standard InChI is InChI=1S/C14H8N2O3/c17-8-9-2-1-3-10(6-9)16-13(18)11-4-5-15-7-12(11)14(16)19/h1-8H. The fraction of sp³-hybridized carbons (Fsp3) is 0. The van der Waals surface area contributed by atoms with Crippen LogP contribution in [0.5, 0.6) is 0 Å². The molecule has 92 valence electrons. The molecule has 0 bridgehead atoms. The summed E-state index contributed by atoms with van der Waals surface area (Å²) in [4.78, 5) is 40.0. The molecule has 5 nitrogen and oxygen atoms in total. The van der Waals surface area contributed by atoms with E-state index in [2.05, 4.69) is 4.98 Å². The number of carbonyl (C=O) groups is 3. The average Bonchev–Trinajstić information content (AvgIpc) is 2.72. The van der Waals surface area contributed by atoms with Gasteiger partial charge in [-0.3, -0.25) is 19.4 Å². The lowest BCUT2D eigenvalue weighted by atomic mass is 10.2. The summed E-state index contributed by atoms with van der Waals surface area (Å²) in [6, 6.07) is 7.86. The highest BCUT2D eigenvalue weighted by atomic mass is 16.2. The third-order valence-electron chi connectivity index (χ3n) is 2.95. The number of benzene rings is 1. The highest BCUT2D eigenvalue weighted by Crippen LogP contribution is 2.27. The van der Waals surface area contributed by atoms with Crippen molar-refractivity contribution >= 4 is 23.8 Å². The molecule has 0 aliphatic carbocycles. The fourth-order valence-corrected chi connectivity index (χ4v) is 2.06. The van der Waals surface area contributed by atoms with Crippen molar-refractivity contribution in [2.45, 2.75) is 0 Å². The third-order valence-corrected chi connectivity index (χ3v) is 2.95. The summed E-state index contributed by atoms with van der Waals surface area (Å²) in [6.45, 7) is 0. The van der Waals surface area contributed by atoms with E-state index in [-0.39, 0.29) is 5.56 Å². The van der Waals surface area contributed by atoms with E-state index < -0.39 is 11.8 Å². The van der Waals surface area contributed by atoms with E-state index >= 15 is 0 Å². The maximum absolute atomic E-state index is 12.2. The van der Waals surface area contributed by atoms with E-state index in [0.29, 0.717) is 23.1 Å². The Morgan fingerprint density at radius 2 is 1.84 bits per heavy atom. The summed E-state index contributed by atoms with van der Waals surface area (Å²) in [6.07, 6.45) is 3.51. The van der Waals surface area contributed by atoms with Gasteiger partial charge in [0.1, 0.15) is 6.29 Å². The Bertz CT molecular complexity index is 674. The van der Waals surface area contributed by atoms with Crippen LogP contribution >= 0.6 is 0 Å². The van der Waals surface area contributed by atoms with Gasteiger partial charge in [0.05, 0.1) is 16.8 Å². The fourth-order valence-electron chi connectivity index (χ4n) is 2.06. The molecular formula is C14H8N2O3. The van der Waals surface area contributed by atoms with E-state index in [1.54, 1.807) is 18.2 Å². The van der Waals surface area contributed by atoms with E-state index in [4.69, 9.17) is 0 Å². The van der Waals surface area contributed by atoms with E-state index in [1.165, 1.54) is 24.5 Å². The van der Waals surface area contributed by atoms with Crippen molar-refractivity contribution in [3.8, 4) is 0 Å². The van der Waals surface area contributed by atoms with Crippen molar-refractivity contribution in [2.24, 2.45) is 0 Å². The highest BCUT2D eigenvalue weighted by Gasteiger charge is 2.36. The second-order valence-corrected chi connectivity index (χ2v) is 4.08. The molecule has 0 N–H and O–H groups in total. The molecular weight excluding hydrogens is 244 g/mol. The van der Waals surface area contributed by atoms with Crippen molar-refractivity contribution in [3.05, 3.63) is 59.4 Å². The Kier molecular flexibility index (Phi) is 2.45. The molecule has 2 aromatic rings. The van der Waals surface area contributed by atoms with Gasteiger partial charge in [-0.25, -0.2) is 4.90 Å². The quantitative estimate of drug-likeness (QED) is 0.602. The van der Waals surface area contributed by atoms with Gasteiger partial charge in [-0.05, 0) is 18.2 Å². The smallest absolute Gasteiger partial charge is 0.267 e. The van der Waals surface area contributed by atoms with Gasteiger partial charge in [0.2, 0.25) is 0 Å². The van der Waals surface area contributed by atoms with Crippen molar-refractivity contribution < 1.29 is 14.4 Å². The first-order chi connectivity index (χ1) is 9.22. The zero-order valence-electron chi connectivity index (χ0n) is 9.74. The summed E-state index contributed by atoms with van der Waals surface area (Å²) in [7, 11) is 0. The second-order valence-electron chi connectivity index (χ2n) is 4.08. The maximum Gasteiger partial charge on any atom is 0.267 e. The molecule has 0 saturated heterocycles. The minimum Gasteiger partial charge on any atom is -0.298 e. The van der Waals surface area contributed by atoms with Crippen molar-refractivity contribution in [1.29, 1.82) is 0 Å². The van der Waals surface area contributed by atoms with Crippen LogP contribution < -0.4 is 4.90 Å². The molecule has 0 fully saturated rings. The lowest BCUT2D eigenvalue weighted by Crippen LogP contribution is -2.29. The van der Waals surface area contributed by atoms with E-state index in [9.17, 15) is 14.4 Å². The molecule has 5 heteroatoms. The lowest BCUT2D eigenvalue weighted by molar-refractivity contribution is 0.0925. The molecule has 2 heterocycles. The molecule has 0 radical (unpaired) electrons. The average molecular weight is 252 g/mol. The molecule has 1 aliphatic heterocycles. The van der Waals surface area contributed by atoms with Crippen LogP contribution in [0.25, 0.3) is 0 Å². The van der Waals surface area contributed by atoms with Gasteiger partial charge in [0.25, 0.3) is 11.8 Å². The number of fused-ring (bicyclic) bond motifs is 1. The van der Waals surface area contributed by atoms with Crippen LogP contribution in [0, 0.1) is 0 Å². The molecule has 1 aromatic carbocycles. The van der Waals surface area contributed by atoms with Crippen molar-refractivity contribution in [2.75, 3.05) is 4.90 Å². The van der Waals surface area contributed by atoms with Gasteiger partial charge >= 0.3 is 0 Å². The molecule has 1 aliphatic rings. The van der Waals surface area contributed by atoms with Crippen LogP contribution in [0.4, 0.5) is 5.69 Å². The Labute approximate surface area is 108 Å². The van der Waals surface area contributed by atoms with Crippen LogP contribution in [0.2, 0.25) is 0 Å². The number of aldehydes is 1. The van der Waals surface area contributed by atoms with Crippen LogP contribution in [0.15, 0.2) is 42.7 Å². The molecule has 1 aromatic heterocycles. The van der Waals surface area contributed by atoms with Gasteiger partial charge in [0.15, 0.2) is 0 Å². The highest BCUT2D eigenvalue weighted by molar-refractivity contribution is 6.34. The SMILES string of the molecule is O=Cc1cccc(N2C(=O)c3ccncc3C2=O)c1. The number of aromatic nitrogens is 1. The minimum atomic E-state index is -0.420. The van der Waals surface area contributed by atoms with Gasteiger partial charge in [-0.15, -0.1) is 0 Å². The normalized spacial score (nSPS) is 13.6. The van der Waals surface area contributed by atoms with Gasteiger partial charge in [0, 0.05) is 18.0 Å². The lowest BCUT2D eigenvalue weighted by Gasteiger charge is -2.13. The van der Waals surface area contributed by atoms with Crippen LogP contribution in [0.1, 0.15) is 31.1 Å². The van der Waals surface area contributed by atoms with Crippen LogP contribution in [-0.4, -0.2) is 23.1 Å². The summed E-state index contributed by atoms with van der Waals surface area (Å²) >= 11 is 0. The van der Waals surface area contributed by atoms with Gasteiger partial charge in [-0.1, -0.05) is 12.1 Å². The van der Waals surface area contributed by atoms with E-state index in [0.717, 1.165) is 4.90 Å². The third kappa shape index (κ3) is 1.63. The number of anilines is 1. The number of rotatable bonds is 2. The number of nitrogens with zero attached hydrogens (tertiary/aromatic N) is 2. The Balaban J connectivity index is 2.11. The zero-order chi connectivity index (χ0) is 13.4. The first kappa shape index (κ1) is 11.3. The van der Waals surface area contributed by atoms with Crippen LogP contribution in [-0.2, 0) is 0 Å². The molecule has 3 rings (SSSR count). The summed E-state index contributed by atoms with van der Waals surface area (Å²) < 4.78 is 0. The predicted molar refractivity (Wildman–Crippen MR) is 67.2 cm³/mol. The first-order valence-electron chi connectivity index (χ1n) is 5.60. The Morgan fingerprint density at radius 3 is 2.58 bits per heavy atom. The van der Waals surface area contributed by atoms with Crippen LogP contribution in [0.3, 0.4) is 0 Å². The van der Waals surface area contributed by atoms with Crippen molar-refractivity contribution in [1.82, 2.24) is 4.98 Å². The largest absolute Gasteiger partial charge is 0.298 e. The second kappa shape index (κ2) is 4.13. The maximum atomic E-state index is 12.2. The number of carbonyl (C=O) groups excluding carboxylic acids is 3. The molecule has 0 atom stereocenters. The van der Waals surface area contributed by atoms with Gasteiger partial charge < -0.3 is 0 Å². The predicted octanol–water partition coefficient (Wildman–Crippen LogP) is 1.69. The summed E-state index contributed by atoms with van der Waals surface area (Å²) in [5.41, 5.74) is 1.41. The number of amides is 2. The molecule has 2 amide bonds. The number of pyridine rings is 1.